The summed E-state index contributed by atoms with van der Waals surface area (Å²) in [6, 6.07) is 94.0. The fourth-order valence-corrected chi connectivity index (χ4v) is 10.7. The first-order valence-corrected chi connectivity index (χ1v) is 22.0. The maximum absolute atomic E-state index is 2.46. The van der Waals surface area contributed by atoms with Crippen LogP contribution < -0.4 is 4.90 Å². The molecule has 2 aliphatic carbocycles. The number of hydrogen-bond acceptors (Lipinski definition) is 1. The first-order valence-electron chi connectivity index (χ1n) is 22.0. The van der Waals surface area contributed by atoms with Crippen LogP contribution in [0.5, 0.6) is 0 Å². The lowest BCUT2D eigenvalue weighted by Crippen LogP contribution is -2.28. The summed E-state index contributed by atoms with van der Waals surface area (Å²) in [6.45, 7) is 0. The third-order valence-corrected chi connectivity index (χ3v) is 13.4. The molecule has 1 unspecified atom stereocenters. The summed E-state index contributed by atoms with van der Waals surface area (Å²) >= 11 is 0. The zero-order valence-electron chi connectivity index (χ0n) is 34.8. The van der Waals surface area contributed by atoms with Gasteiger partial charge in [-0.05, 0) is 126 Å². The van der Waals surface area contributed by atoms with Crippen molar-refractivity contribution in [2.75, 3.05) is 4.90 Å². The molecule has 2 aliphatic rings. The van der Waals surface area contributed by atoms with E-state index >= 15 is 0 Å². The van der Waals surface area contributed by atoms with E-state index in [1.54, 1.807) is 0 Å². The Morgan fingerprint density at radius 1 is 0.286 bits per heavy atom. The highest BCUT2D eigenvalue weighted by atomic mass is 15.1. The van der Waals surface area contributed by atoms with E-state index in [0.29, 0.717) is 0 Å². The number of hydrogen-bond donors (Lipinski definition) is 0. The van der Waals surface area contributed by atoms with Gasteiger partial charge < -0.3 is 4.90 Å². The van der Waals surface area contributed by atoms with Gasteiger partial charge in [-0.3, -0.25) is 0 Å². The van der Waals surface area contributed by atoms with Gasteiger partial charge in [0, 0.05) is 23.0 Å². The summed E-state index contributed by atoms with van der Waals surface area (Å²) in [7, 11) is 0. The summed E-state index contributed by atoms with van der Waals surface area (Å²) in [5.74, 6) is 0.219. The van der Waals surface area contributed by atoms with Crippen molar-refractivity contribution in [2.45, 2.75) is 11.3 Å². The highest BCUT2D eigenvalue weighted by Gasteiger charge is 2.46. The molecule has 10 aromatic rings. The largest absolute Gasteiger partial charge is 0.310 e. The first kappa shape index (κ1) is 36.8. The second kappa shape index (κ2) is 15.2. The summed E-state index contributed by atoms with van der Waals surface area (Å²) in [5.41, 5.74) is 21.9. The second-order valence-electron chi connectivity index (χ2n) is 16.8. The fourth-order valence-electron chi connectivity index (χ4n) is 10.7. The molecule has 1 atom stereocenters. The van der Waals surface area contributed by atoms with E-state index in [2.05, 4.69) is 260 Å². The molecule has 0 radical (unpaired) electrons. The highest BCUT2D eigenvalue weighted by molar-refractivity contribution is 5.91. The molecule has 1 heteroatoms. The van der Waals surface area contributed by atoms with Gasteiger partial charge in [-0.15, -0.1) is 0 Å². The predicted molar refractivity (Wildman–Crippen MR) is 262 cm³/mol. The van der Waals surface area contributed by atoms with Crippen LogP contribution in [0.15, 0.2) is 255 Å². The lowest BCUT2D eigenvalue weighted by Gasteiger charge is -2.35. The second-order valence-corrected chi connectivity index (χ2v) is 16.8. The molecule has 0 spiro atoms. The molecule has 63 heavy (non-hydrogen) atoms. The molecule has 296 valence electrons. The van der Waals surface area contributed by atoms with Crippen molar-refractivity contribution in [1.29, 1.82) is 0 Å². The molecular weight excluding hydrogens is 759 g/mol. The Morgan fingerprint density at radius 3 is 1.52 bits per heavy atom. The van der Waals surface area contributed by atoms with E-state index in [4.69, 9.17) is 0 Å². The monoisotopic (exact) mass is 801 g/mol. The maximum atomic E-state index is 2.46. The van der Waals surface area contributed by atoms with Crippen molar-refractivity contribution in [3.05, 3.63) is 294 Å². The van der Waals surface area contributed by atoms with Crippen LogP contribution in [0.3, 0.4) is 0 Å². The summed E-state index contributed by atoms with van der Waals surface area (Å²) in [5, 5.41) is 0. The molecule has 10 aromatic carbocycles. The molecule has 0 fully saturated rings. The van der Waals surface area contributed by atoms with E-state index in [-0.39, 0.29) is 5.92 Å². The smallest absolute Gasteiger partial charge is 0.0714 e. The lowest BCUT2D eigenvalue weighted by molar-refractivity contribution is 0.768. The normalized spacial score (nSPS) is 14.0. The maximum Gasteiger partial charge on any atom is 0.0714 e. The summed E-state index contributed by atoms with van der Waals surface area (Å²) in [4.78, 5) is 2.44. The van der Waals surface area contributed by atoms with Gasteiger partial charge in [0.15, 0.2) is 0 Å². The van der Waals surface area contributed by atoms with E-state index in [9.17, 15) is 0 Å². The van der Waals surface area contributed by atoms with Gasteiger partial charge in [0.05, 0.1) is 5.41 Å². The van der Waals surface area contributed by atoms with Crippen molar-refractivity contribution >= 4 is 17.1 Å². The minimum Gasteiger partial charge on any atom is -0.310 e. The van der Waals surface area contributed by atoms with E-state index in [1.807, 2.05) is 0 Å². The molecule has 0 saturated carbocycles. The number of fused-ring (bicyclic) bond motifs is 6. The van der Waals surface area contributed by atoms with Gasteiger partial charge in [-0.1, -0.05) is 212 Å². The Morgan fingerprint density at radius 2 is 0.794 bits per heavy atom. The van der Waals surface area contributed by atoms with Crippen LogP contribution in [0.25, 0.3) is 44.5 Å². The third kappa shape index (κ3) is 6.00. The molecule has 0 saturated heterocycles. The van der Waals surface area contributed by atoms with Crippen LogP contribution in [0, 0.1) is 0 Å². The quantitative estimate of drug-likeness (QED) is 0.148. The summed E-state index contributed by atoms with van der Waals surface area (Å²) in [6.07, 6.45) is 0. The Hall–Kier alpha value is -8.00. The van der Waals surface area contributed by atoms with Crippen molar-refractivity contribution in [2.24, 2.45) is 0 Å². The van der Waals surface area contributed by atoms with Crippen LogP contribution in [0.2, 0.25) is 0 Å². The van der Waals surface area contributed by atoms with Crippen molar-refractivity contribution < 1.29 is 0 Å². The average Bonchev–Trinajstić information content (AvgIpc) is 3.86. The average molecular weight is 802 g/mol. The van der Waals surface area contributed by atoms with Crippen molar-refractivity contribution in [3.63, 3.8) is 0 Å². The van der Waals surface area contributed by atoms with Crippen molar-refractivity contribution in [3.8, 4) is 44.5 Å². The minimum absolute atomic E-state index is 0.219. The molecule has 0 bridgehead atoms. The molecule has 12 rings (SSSR count). The lowest BCUT2D eigenvalue weighted by atomic mass is 9.67. The highest BCUT2D eigenvalue weighted by Crippen LogP contribution is 2.57. The van der Waals surface area contributed by atoms with Crippen LogP contribution in [0.4, 0.5) is 17.1 Å². The first-order chi connectivity index (χ1) is 31.3. The number of rotatable bonds is 8. The SMILES string of the molecule is c1ccc(-c2ccc(N(c3cccc(-c4ccc5c(c4)-c4ccccc4C5c4ccccc4)c3)c3ccc4c(c3)C(c3ccccc3)(c3ccccc3)c3ccccc3-4)cc2)cc1. The molecule has 0 aromatic heterocycles. The van der Waals surface area contributed by atoms with Gasteiger partial charge in [0.1, 0.15) is 0 Å². The Kier molecular flexibility index (Phi) is 8.86. The van der Waals surface area contributed by atoms with E-state index in [0.717, 1.165) is 17.1 Å². The fraction of sp³-hybridized carbons (Fsp3) is 0.0323. The molecule has 1 nitrogen and oxygen atoms in total. The zero-order valence-corrected chi connectivity index (χ0v) is 34.8. The molecule has 0 aliphatic heterocycles. The van der Waals surface area contributed by atoms with Crippen LogP contribution in [-0.4, -0.2) is 0 Å². The molecule has 0 N–H and O–H groups in total. The molecule has 0 heterocycles. The third-order valence-electron chi connectivity index (χ3n) is 13.4. The van der Waals surface area contributed by atoms with Gasteiger partial charge in [0.2, 0.25) is 0 Å². The van der Waals surface area contributed by atoms with Gasteiger partial charge in [0.25, 0.3) is 0 Å². The summed E-state index contributed by atoms with van der Waals surface area (Å²) < 4.78 is 0. The Balaban J connectivity index is 1.03. The predicted octanol–water partition coefficient (Wildman–Crippen LogP) is 16.0. The van der Waals surface area contributed by atoms with E-state index in [1.165, 1.54) is 83.5 Å². The van der Waals surface area contributed by atoms with Gasteiger partial charge >= 0.3 is 0 Å². The van der Waals surface area contributed by atoms with Gasteiger partial charge in [-0.2, -0.15) is 0 Å². The minimum atomic E-state index is -0.506. The van der Waals surface area contributed by atoms with Crippen LogP contribution in [0.1, 0.15) is 44.9 Å². The topological polar surface area (TPSA) is 3.24 Å². The van der Waals surface area contributed by atoms with Crippen LogP contribution in [-0.2, 0) is 5.41 Å². The van der Waals surface area contributed by atoms with Crippen LogP contribution >= 0.6 is 0 Å². The van der Waals surface area contributed by atoms with Crippen molar-refractivity contribution in [1.82, 2.24) is 0 Å². The Labute approximate surface area is 369 Å². The number of anilines is 3. The molecule has 0 amide bonds. The standard InChI is InChI=1S/C62H43N/c1-5-18-43(19-6-1)44-32-35-50(36-33-44)63(51-27-17-22-46(40-51)47-34-38-57-58(41-47)53-28-13-14-30-56(53)61(57)45-20-7-2-8-21-45)52-37-39-55-54-29-15-16-31-59(54)62(60(55)42-52,48-23-9-3-10-24-48)49-25-11-4-12-26-49/h1-42,61H. The zero-order chi connectivity index (χ0) is 41.7. The van der Waals surface area contributed by atoms with E-state index < -0.39 is 5.41 Å². The number of benzene rings is 10. The number of nitrogens with zero attached hydrogens (tertiary/aromatic N) is 1. The molecular formula is C62H43N. The van der Waals surface area contributed by atoms with Gasteiger partial charge in [-0.25, -0.2) is 0 Å². The Bertz CT molecular complexity index is 3220.